The Kier molecular flexibility index (Phi) is 2.76. The van der Waals surface area contributed by atoms with Crippen molar-refractivity contribution in [3.8, 4) is 6.07 Å². The number of hydrogen-bond donors (Lipinski definition) is 0. The van der Waals surface area contributed by atoms with Crippen LogP contribution in [-0.4, -0.2) is 19.5 Å². The minimum Gasteiger partial charge on any atom is -0.237 e. The lowest BCUT2D eigenvalue weighted by Gasteiger charge is -2.03. The number of nitriles is 1. The highest BCUT2D eigenvalue weighted by Crippen LogP contribution is 2.14. The van der Waals surface area contributed by atoms with Crippen molar-refractivity contribution in [1.29, 1.82) is 5.26 Å². The Labute approximate surface area is 110 Å². The monoisotopic (exact) mass is 251 g/mol. The summed E-state index contributed by atoms with van der Waals surface area (Å²) >= 11 is 0. The van der Waals surface area contributed by atoms with Crippen LogP contribution in [-0.2, 0) is 6.42 Å². The molecule has 0 N–H and O–H groups in total. The largest absolute Gasteiger partial charge is 0.237 e. The molecule has 0 saturated carbocycles. The van der Waals surface area contributed by atoms with E-state index < -0.39 is 0 Å². The molecule has 0 aliphatic carbocycles. The average molecular weight is 251 g/mol. The summed E-state index contributed by atoms with van der Waals surface area (Å²) < 4.78 is 1.90. The third-order valence-electron chi connectivity index (χ3n) is 3.14. The molecule has 0 spiro atoms. The van der Waals surface area contributed by atoms with Gasteiger partial charge in [-0.25, -0.2) is 9.66 Å². The van der Waals surface area contributed by atoms with E-state index in [1.54, 1.807) is 11.0 Å². The van der Waals surface area contributed by atoms with Crippen LogP contribution in [0.1, 0.15) is 17.7 Å². The van der Waals surface area contributed by atoms with Gasteiger partial charge in [-0.05, 0) is 37.1 Å². The van der Waals surface area contributed by atoms with Gasteiger partial charge in [0.2, 0.25) is 0 Å². The number of hydrogen-bond acceptors (Lipinski definition) is 3. The maximum absolute atomic E-state index is 8.66. The summed E-state index contributed by atoms with van der Waals surface area (Å²) in [6, 6.07) is 8.10. The van der Waals surface area contributed by atoms with Gasteiger partial charge in [0, 0.05) is 24.2 Å². The smallest absolute Gasteiger partial charge is 0.160 e. The predicted octanol–water partition coefficient (Wildman–Crippen LogP) is 2.31. The Morgan fingerprint density at radius 3 is 3.11 bits per heavy atom. The number of fused-ring (bicyclic) bond motifs is 1. The molecule has 3 rings (SSSR count). The second-order valence-electron chi connectivity index (χ2n) is 4.39. The van der Waals surface area contributed by atoms with Gasteiger partial charge in [-0.1, -0.05) is 0 Å². The second-order valence-corrected chi connectivity index (χ2v) is 4.39. The molecule has 3 aromatic heterocycles. The van der Waals surface area contributed by atoms with Crippen molar-refractivity contribution < 1.29 is 0 Å². The maximum Gasteiger partial charge on any atom is 0.160 e. The van der Waals surface area contributed by atoms with Gasteiger partial charge in [0.25, 0.3) is 0 Å². The first-order valence-corrected chi connectivity index (χ1v) is 6.14. The number of pyridine rings is 1. The highest BCUT2D eigenvalue weighted by Gasteiger charge is 2.08. The van der Waals surface area contributed by atoms with E-state index in [4.69, 9.17) is 5.26 Å². The Hall–Kier alpha value is -2.61. The lowest BCUT2D eigenvalue weighted by atomic mass is 10.1. The van der Waals surface area contributed by atoms with E-state index in [-0.39, 0.29) is 0 Å². The van der Waals surface area contributed by atoms with Crippen LogP contribution in [0.3, 0.4) is 0 Å². The standard InChI is InChI=1S/C14H13N5/c1-11-13(4-2-7-15)10-19(17-11)18-9-6-12-5-3-8-16-14(12)18/h3,5-6,8-10H,2,4H2,1H3. The second kappa shape index (κ2) is 4.58. The SMILES string of the molecule is Cc1nn(-n2ccc3cccnc32)cc1CCC#N. The Morgan fingerprint density at radius 1 is 1.37 bits per heavy atom. The van der Waals surface area contributed by atoms with Crippen molar-refractivity contribution >= 4 is 11.0 Å². The van der Waals surface area contributed by atoms with E-state index in [0.717, 1.165) is 28.7 Å². The molecular formula is C14H13N5. The molecule has 0 aromatic carbocycles. The first-order chi connectivity index (χ1) is 9.29. The van der Waals surface area contributed by atoms with Crippen molar-refractivity contribution in [2.24, 2.45) is 0 Å². The first-order valence-electron chi connectivity index (χ1n) is 6.14. The fourth-order valence-electron chi connectivity index (χ4n) is 2.14. The lowest BCUT2D eigenvalue weighted by molar-refractivity contribution is 0.586. The van der Waals surface area contributed by atoms with Crippen LogP contribution in [0.4, 0.5) is 0 Å². The Balaban J connectivity index is 2.05. The third-order valence-corrected chi connectivity index (χ3v) is 3.14. The molecule has 0 atom stereocenters. The number of rotatable bonds is 3. The predicted molar refractivity (Wildman–Crippen MR) is 71.4 cm³/mol. The van der Waals surface area contributed by atoms with Gasteiger partial charge in [-0.15, -0.1) is 0 Å². The van der Waals surface area contributed by atoms with E-state index in [0.29, 0.717) is 6.42 Å². The third kappa shape index (κ3) is 1.97. The zero-order valence-electron chi connectivity index (χ0n) is 10.6. The number of aryl methyl sites for hydroxylation is 2. The summed E-state index contributed by atoms with van der Waals surface area (Å²) in [6.45, 7) is 1.96. The van der Waals surface area contributed by atoms with Crippen LogP contribution >= 0.6 is 0 Å². The van der Waals surface area contributed by atoms with Gasteiger partial charge in [-0.2, -0.15) is 15.2 Å². The summed E-state index contributed by atoms with van der Waals surface area (Å²) in [5, 5.41) is 14.2. The zero-order chi connectivity index (χ0) is 13.2. The van der Waals surface area contributed by atoms with E-state index in [1.165, 1.54) is 0 Å². The van der Waals surface area contributed by atoms with Crippen LogP contribution in [0, 0.1) is 18.3 Å². The molecule has 0 aliphatic rings. The van der Waals surface area contributed by atoms with Crippen molar-refractivity contribution in [2.75, 3.05) is 0 Å². The minimum atomic E-state index is 0.511. The highest BCUT2D eigenvalue weighted by molar-refractivity contribution is 5.75. The summed E-state index contributed by atoms with van der Waals surface area (Å²) in [4.78, 5) is 6.14. The van der Waals surface area contributed by atoms with Gasteiger partial charge in [0.15, 0.2) is 5.65 Å². The molecule has 19 heavy (non-hydrogen) atoms. The van der Waals surface area contributed by atoms with Gasteiger partial charge in [-0.3, -0.25) is 0 Å². The lowest BCUT2D eigenvalue weighted by Crippen LogP contribution is -2.08. The van der Waals surface area contributed by atoms with Crippen LogP contribution in [0.5, 0.6) is 0 Å². The van der Waals surface area contributed by atoms with Crippen LogP contribution in [0.25, 0.3) is 11.0 Å². The molecule has 0 saturated heterocycles. The first kappa shape index (κ1) is 11.5. The molecule has 94 valence electrons. The van der Waals surface area contributed by atoms with Gasteiger partial charge >= 0.3 is 0 Å². The molecule has 0 amide bonds. The van der Waals surface area contributed by atoms with E-state index in [1.807, 2.05) is 42.2 Å². The molecule has 0 unspecified atom stereocenters. The molecule has 3 heterocycles. The summed E-state index contributed by atoms with van der Waals surface area (Å²) in [6.07, 6.45) is 6.91. The fourth-order valence-corrected chi connectivity index (χ4v) is 2.14. The topological polar surface area (TPSA) is 59.4 Å². The molecular weight excluding hydrogens is 238 g/mol. The van der Waals surface area contributed by atoms with Crippen molar-refractivity contribution in [1.82, 2.24) is 19.5 Å². The number of nitrogens with zero attached hydrogens (tertiary/aromatic N) is 5. The minimum absolute atomic E-state index is 0.511. The van der Waals surface area contributed by atoms with E-state index in [2.05, 4.69) is 16.2 Å². The van der Waals surface area contributed by atoms with Crippen LogP contribution < -0.4 is 0 Å². The van der Waals surface area contributed by atoms with Gasteiger partial charge in [0.1, 0.15) is 0 Å². The summed E-state index contributed by atoms with van der Waals surface area (Å²) in [7, 11) is 0. The maximum atomic E-state index is 8.66. The van der Waals surface area contributed by atoms with Crippen molar-refractivity contribution in [2.45, 2.75) is 19.8 Å². The highest BCUT2D eigenvalue weighted by atomic mass is 15.6. The van der Waals surface area contributed by atoms with Crippen LogP contribution in [0.2, 0.25) is 0 Å². The van der Waals surface area contributed by atoms with Crippen LogP contribution in [0.15, 0.2) is 36.8 Å². The van der Waals surface area contributed by atoms with E-state index in [9.17, 15) is 0 Å². The summed E-state index contributed by atoms with van der Waals surface area (Å²) in [5.41, 5.74) is 2.92. The Bertz CT molecular complexity index is 760. The molecule has 0 aliphatic heterocycles. The van der Waals surface area contributed by atoms with E-state index >= 15 is 0 Å². The Morgan fingerprint density at radius 2 is 2.26 bits per heavy atom. The van der Waals surface area contributed by atoms with Crippen molar-refractivity contribution in [3.63, 3.8) is 0 Å². The molecule has 5 nitrogen and oxygen atoms in total. The molecule has 5 heteroatoms. The molecule has 0 bridgehead atoms. The molecule has 3 aromatic rings. The number of aromatic nitrogens is 4. The van der Waals surface area contributed by atoms with Gasteiger partial charge < -0.3 is 0 Å². The fraction of sp³-hybridized carbons (Fsp3) is 0.214. The molecule has 0 fully saturated rings. The molecule has 0 radical (unpaired) electrons. The zero-order valence-corrected chi connectivity index (χ0v) is 10.6. The quantitative estimate of drug-likeness (QED) is 0.717. The summed E-state index contributed by atoms with van der Waals surface area (Å²) in [5.74, 6) is 0. The normalized spacial score (nSPS) is 10.7. The average Bonchev–Trinajstić information content (AvgIpc) is 3.00. The van der Waals surface area contributed by atoms with Crippen molar-refractivity contribution in [3.05, 3.63) is 48.0 Å². The van der Waals surface area contributed by atoms with Gasteiger partial charge in [0.05, 0.1) is 18.0 Å².